The number of aromatic amines is 1. The number of nitrogens with one attached hydrogen (secondary N) is 2. The number of aromatic nitrogens is 3. The molecule has 0 bridgehead atoms. The number of fused-ring (bicyclic) bond motifs is 1. The molecule has 2 aromatic carbocycles. The van der Waals surface area contributed by atoms with E-state index in [1.807, 2.05) is 61.5 Å². The summed E-state index contributed by atoms with van der Waals surface area (Å²) in [4.78, 5) is 37.4. The average Bonchev–Trinajstić information content (AvgIpc) is 3.53. The fourth-order valence-corrected chi connectivity index (χ4v) is 3.89. The lowest BCUT2D eigenvalue weighted by atomic mass is 10.1. The summed E-state index contributed by atoms with van der Waals surface area (Å²) < 4.78 is 11.0. The first-order valence-electron chi connectivity index (χ1n) is 11.3. The molecule has 8 heteroatoms. The van der Waals surface area contributed by atoms with Crippen molar-refractivity contribution in [2.45, 2.75) is 26.3 Å². The molecule has 0 radical (unpaired) electrons. The van der Waals surface area contributed by atoms with E-state index in [1.54, 1.807) is 12.1 Å². The molecule has 5 rings (SSSR count). The van der Waals surface area contributed by atoms with Gasteiger partial charge in [0.1, 0.15) is 5.82 Å². The Labute approximate surface area is 202 Å². The monoisotopic (exact) mass is 468 g/mol. The summed E-state index contributed by atoms with van der Waals surface area (Å²) in [6.07, 6.45) is 0.255. The SMILES string of the molecule is Cc1cccc(-c2[nH]c(CNC(=O)CCC(=O)c3ccccc3)nc2-c2ccc3c(c2)OCO3)n1. The molecule has 0 unspecified atom stereocenters. The summed E-state index contributed by atoms with van der Waals surface area (Å²) >= 11 is 0. The van der Waals surface area contributed by atoms with Crippen LogP contribution < -0.4 is 14.8 Å². The Hall–Kier alpha value is -4.46. The highest BCUT2D eigenvalue weighted by Crippen LogP contribution is 2.38. The molecule has 3 heterocycles. The van der Waals surface area contributed by atoms with Gasteiger partial charge in [0.15, 0.2) is 17.3 Å². The number of pyridine rings is 1. The maximum absolute atomic E-state index is 12.4. The summed E-state index contributed by atoms with van der Waals surface area (Å²) in [5, 5.41) is 2.85. The van der Waals surface area contributed by atoms with Crippen LogP contribution in [0.15, 0.2) is 66.7 Å². The van der Waals surface area contributed by atoms with E-state index < -0.39 is 0 Å². The maximum Gasteiger partial charge on any atom is 0.231 e. The van der Waals surface area contributed by atoms with Gasteiger partial charge in [0.25, 0.3) is 0 Å². The van der Waals surface area contributed by atoms with E-state index >= 15 is 0 Å². The molecular weight excluding hydrogens is 444 g/mol. The molecule has 4 aromatic rings. The summed E-state index contributed by atoms with van der Waals surface area (Å²) in [6.45, 7) is 2.31. The molecule has 0 aliphatic carbocycles. The van der Waals surface area contributed by atoms with E-state index in [4.69, 9.17) is 14.5 Å². The molecular formula is C27H24N4O4. The van der Waals surface area contributed by atoms with Crippen LogP contribution in [0, 0.1) is 6.92 Å². The smallest absolute Gasteiger partial charge is 0.231 e. The standard InChI is InChI=1S/C27H24N4O4/c1-17-6-5-9-20(29-17)27-26(19-10-12-22-23(14-19)35-16-34-22)30-24(31-27)15-28-25(33)13-11-21(32)18-7-3-2-4-8-18/h2-10,12,14H,11,13,15-16H2,1H3,(H,28,33)(H,30,31). The molecule has 0 fully saturated rings. The van der Waals surface area contributed by atoms with Gasteiger partial charge < -0.3 is 19.8 Å². The van der Waals surface area contributed by atoms with Crippen LogP contribution in [0.5, 0.6) is 11.5 Å². The van der Waals surface area contributed by atoms with Gasteiger partial charge in [0.2, 0.25) is 12.7 Å². The van der Waals surface area contributed by atoms with Crippen LogP contribution in [0.1, 0.15) is 34.7 Å². The minimum Gasteiger partial charge on any atom is -0.454 e. The van der Waals surface area contributed by atoms with Crippen LogP contribution in [-0.4, -0.2) is 33.4 Å². The molecule has 0 spiro atoms. The zero-order valence-electron chi connectivity index (χ0n) is 19.2. The molecule has 0 saturated carbocycles. The topological polar surface area (TPSA) is 106 Å². The van der Waals surface area contributed by atoms with Crippen LogP contribution in [0.4, 0.5) is 0 Å². The molecule has 1 aliphatic heterocycles. The van der Waals surface area contributed by atoms with Crippen molar-refractivity contribution in [3.63, 3.8) is 0 Å². The molecule has 2 N–H and O–H groups in total. The highest BCUT2D eigenvalue weighted by molar-refractivity contribution is 5.97. The number of carbonyl (C=O) groups excluding carboxylic acids is 2. The average molecular weight is 469 g/mol. The van der Waals surface area contributed by atoms with E-state index in [0.717, 1.165) is 22.6 Å². The fraction of sp³-hybridized carbons (Fsp3) is 0.185. The second kappa shape index (κ2) is 9.80. The molecule has 0 saturated heterocycles. The first-order chi connectivity index (χ1) is 17.1. The number of aryl methyl sites for hydroxylation is 1. The number of benzene rings is 2. The van der Waals surface area contributed by atoms with Crippen molar-refractivity contribution in [2.75, 3.05) is 6.79 Å². The largest absolute Gasteiger partial charge is 0.454 e. The lowest BCUT2D eigenvalue weighted by Crippen LogP contribution is -2.23. The van der Waals surface area contributed by atoms with E-state index in [0.29, 0.717) is 28.6 Å². The van der Waals surface area contributed by atoms with Crippen LogP contribution in [0.3, 0.4) is 0 Å². The zero-order valence-corrected chi connectivity index (χ0v) is 19.2. The van der Waals surface area contributed by atoms with Crippen molar-refractivity contribution in [2.24, 2.45) is 0 Å². The molecule has 1 aliphatic rings. The molecule has 176 valence electrons. The minimum atomic E-state index is -0.217. The quantitative estimate of drug-likeness (QED) is 0.370. The van der Waals surface area contributed by atoms with Gasteiger partial charge in [-0.3, -0.25) is 14.6 Å². The zero-order chi connectivity index (χ0) is 24.2. The minimum absolute atomic E-state index is 0.0587. The number of nitrogens with zero attached hydrogens (tertiary/aromatic N) is 2. The number of ketones is 1. The summed E-state index contributed by atoms with van der Waals surface area (Å²) in [6, 6.07) is 20.4. The molecule has 2 aromatic heterocycles. The van der Waals surface area contributed by atoms with Gasteiger partial charge in [-0.2, -0.15) is 0 Å². The van der Waals surface area contributed by atoms with Crippen molar-refractivity contribution in [3.8, 4) is 34.1 Å². The van der Waals surface area contributed by atoms with E-state index in [1.165, 1.54) is 0 Å². The number of ether oxygens (including phenoxy) is 2. The number of amides is 1. The van der Waals surface area contributed by atoms with Gasteiger partial charge in [0, 0.05) is 29.7 Å². The third-order valence-electron chi connectivity index (χ3n) is 5.67. The first-order valence-corrected chi connectivity index (χ1v) is 11.3. The third kappa shape index (κ3) is 5.06. The second-order valence-corrected chi connectivity index (χ2v) is 8.21. The van der Waals surface area contributed by atoms with Gasteiger partial charge in [0.05, 0.1) is 23.6 Å². The lowest BCUT2D eigenvalue weighted by molar-refractivity contribution is -0.121. The highest BCUT2D eigenvalue weighted by Gasteiger charge is 2.20. The Kier molecular flexibility index (Phi) is 6.26. The Morgan fingerprint density at radius 3 is 2.60 bits per heavy atom. The van der Waals surface area contributed by atoms with Gasteiger partial charge in [-0.15, -0.1) is 0 Å². The number of hydrogen-bond acceptors (Lipinski definition) is 6. The first kappa shape index (κ1) is 22.3. The third-order valence-corrected chi connectivity index (χ3v) is 5.67. The lowest BCUT2D eigenvalue weighted by Gasteiger charge is -2.04. The highest BCUT2D eigenvalue weighted by atomic mass is 16.7. The van der Waals surface area contributed by atoms with Crippen molar-refractivity contribution >= 4 is 11.7 Å². The number of hydrogen-bond donors (Lipinski definition) is 2. The summed E-state index contributed by atoms with van der Waals surface area (Å²) in [5.41, 5.74) is 4.52. The maximum atomic E-state index is 12.4. The number of imidazole rings is 1. The van der Waals surface area contributed by atoms with Crippen LogP contribution >= 0.6 is 0 Å². The van der Waals surface area contributed by atoms with Gasteiger partial charge in [-0.1, -0.05) is 36.4 Å². The molecule has 0 atom stereocenters. The fourth-order valence-electron chi connectivity index (χ4n) is 3.89. The Bertz CT molecular complexity index is 1380. The second-order valence-electron chi connectivity index (χ2n) is 8.21. The predicted octanol–water partition coefficient (Wildman–Crippen LogP) is 4.46. The van der Waals surface area contributed by atoms with Crippen LogP contribution in [-0.2, 0) is 11.3 Å². The van der Waals surface area contributed by atoms with Crippen LogP contribution in [0.25, 0.3) is 22.6 Å². The van der Waals surface area contributed by atoms with Crippen molar-refractivity contribution in [3.05, 3.63) is 83.8 Å². The Morgan fingerprint density at radius 2 is 1.77 bits per heavy atom. The normalized spacial score (nSPS) is 11.9. The molecule has 1 amide bonds. The van der Waals surface area contributed by atoms with E-state index in [9.17, 15) is 9.59 Å². The number of Topliss-reactive ketones (excluding diaryl/α,β-unsaturated/α-hetero) is 1. The van der Waals surface area contributed by atoms with Crippen molar-refractivity contribution < 1.29 is 19.1 Å². The molecule has 35 heavy (non-hydrogen) atoms. The van der Waals surface area contributed by atoms with Crippen LogP contribution in [0.2, 0.25) is 0 Å². The van der Waals surface area contributed by atoms with Crippen molar-refractivity contribution in [1.82, 2.24) is 20.3 Å². The van der Waals surface area contributed by atoms with E-state index in [2.05, 4.69) is 15.3 Å². The van der Waals surface area contributed by atoms with Gasteiger partial charge >= 0.3 is 0 Å². The predicted molar refractivity (Wildman–Crippen MR) is 130 cm³/mol. The Balaban J connectivity index is 1.32. The Morgan fingerprint density at radius 1 is 0.943 bits per heavy atom. The number of carbonyl (C=O) groups is 2. The van der Waals surface area contributed by atoms with Gasteiger partial charge in [-0.25, -0.2) is 4.98 Å². The van der Waals surface area contributed by atoms with Crippen molar-refractivity contribution in [1.29, 1.82) is 0 Å². The number of H-pyrrole nitrogens is 1. The molecule has 8 nitrogen and oxygen atoms in total. The van der Waals surface area contributed by atoms with Gasteiger partial charge in [-0.05, 0) is 37.3 Å². The van der Waals surface area contributed by atoms with E-state index in [-0.39, 0.29) is 37.9 Å². The summed E-state index contributed by atoms with van der Waals surface area (Å²) in [5.74, 6) is 1.66. The summed E-state index contributed by atoms with van der Waals surface area (Å²) in [7, 11) is 0. The number of rotatable bonds is 8.